The van der Waals surface area contributed by atoms with Gasteiger partial charge in [-0.15, -0.1) is 0 Å². The summed E-state index contributed by atoms with van der Waals surface area (Å²) in [5.41, 5.74) is 2.87. The van der Waals surface area contributed by atoms with E-state index in [0.29, 0.717) is 6.54 Å². The molecule has 1 saturated heterocycles. The molecule has 0 unspecified atom stereocenters. The zero-order valence-corrected chi connectivity index (χ0v) is 18.0. The third-order valence-corrected chi connectivity index (χ3v) is 7.27. The number of sulfonamides is 1. The summed E-state index contributed by atoms with van der Waals surface area (Å²) in [6.45, 7) is 2.20. The molecule has 3 N–H and O–H groups in total. The van der Waals surface area contributed by atoms with Crippen molar-refractivity contribution in [3.63, 3.8) is 0 Å². The molecule has 2 aromatic carbocycles. The van der Waals surface area contributed by atoms with Gasteiger partial charge in [-0.1, -0.05) is 35.9 Å². The van der Waals surface area contributed by atoms with E-state index in [9.17, 15) is 23.4 Å². The fraction of sp³-hybridized carbons (Fsp3) is 0.409. The molecule has 2 aliphatic heterocycles. The molecule has 1 amide bonds. The van der Waals surface area contributed by atoms with Crippen molar-refractivity contribution in [1.29, 1.82) is 0 Å². The first-order valence-electron chi connectivity index (χ1n) is 10.2. The van der Waals surface area contributed by atoms with Gasteiger partial charge in [-0.05, 0) is 37.1 Å². The summed E-state index contributed by atoms with van der Waals surface area (Å²) >= 11 is 0. The Hall–Kier alpha value is -2.30. The van der Waals surface area contributed by atoms with E-state index in [2.05, 4.69) is 4.72 Å². The number of ether oxygens (including phenoxy) is 1. The van der Waals surface area contributed by atoms with Crippen molar-refractivity contribution in [2.24, 2.45) is 0 Å². The second kappa shape index (κ2) is 8.68. The van der Waals surface area contributed by atoms with Crippen LogP contribution in [0, 0.1) is 6.92 Å². The number of aliphatic hydroxyl groups is 2. The van der Waals surface area contributed by atoms with Gasteiger partial charge in [-0.25, -0.2) is 13.1 Å². The quantitative estimate of drug-likeness (QED) is 0.603. The molecular weight excluding hydrogens is 420 g/mol. The average molecular weight is 447 g/mol. The summed E-state index contributed by atoms with van der Waals surface area (Å²) in [4.78, 5) is 14.6. The Bertz CT molecular complexity index is 1060. The number of amides is 1. The summed E-state index contributed by atoms with van der Waals surface area (Å²) in [5, 5.41) is 20.7. The molecule has 0 radical (unpaired) electrons. The van der Waals surface area contributed by atoms with E-state index in [4.69, 9.17) is 4.74 Å². The van der Waals surface area contributed by atoms with E-state index >= 15 is 0 Å². The van der Waals surface area contributed by atoms with Crippen LogP contribution in [0.2, 0.25) is 0 Å². The summed E-state index contributed by atoms with van der Waals surface area (Å²) in [6.07, 6.45) is -3.79. The van der Waals surface area contributed by atoms with Crippen molar-refractivity contribution in [2.75, 3.05) is 18.0 Å². The van der Waals surface area contributed by atoms with Gasteiger partial charge in [0, 0.05) is 18.8 Å². The smallest absolute Gasteiger partial charge is 0.240 e. The maximum Gasteiger partial charge on any atom is 0.240 e. The number of para-hydroxylation sites is 1. The maximum absolute atomic E-state index is 12.8. The molecule has 2 heterocycles. The summed E-state index contributed by atoms with van der Waals surface area (Å²) in [7, 11) is -3.79. The number of nitrogens with one attached hydrogen (secondary N) is 1. The van der Waals surface area contributed by atoms with E-state index in [0.717, 1.165) is 23.2 Å². The number of carbonyl (C=O) groups excluding carboxylic acids is 1. The summed E-state index contributed by atoms with van der Waals surface area (Å²) < 4.78 is 33.0. The van der Waals surface area contributed by atoms with Crippen LogP contribution in [0.1, 0.15) is 17.5 Å². The Morgan fingerprint density at radius 2 is 1.77 bits per heavy atom. The molecule has 4 atom stereocenters. The Kier molecular flexibility index (Phi) is 6.14. The predicted molar refractivity (Wildman–Crippen MR) is 114 cm³/mol. The van der Waals surface area contributed by atoms with Gasteiger partial charge < -0.3 is 19.8 Å². The molecule has 2 aromatic rings. The van der Waals surface area contributed by atoms with Crippen molar-refractivity contribution in [1.82, 2.24) is 4.72 Å². The first kappa shape index (κ1) is 21.9. The second-order valence-corrected chi connectivity index (χ2v) is 9.75. The SMILES string of the molecule is Cc1ccc(S(=O)(=O)NC[C@H]2O[C@@H](CC(=O)N3CCc4ccccc43)[C@H](O)[C@@H]2O)cc1. The van der Waals surface area contributed by atoms with Crippen molar-refractivity contribution in [2.45, 2.75) is 49.1 Å². The molecule has 0 bridgehead atoms. The number of anilines is 1. The van der Waals surface area contributed by atoms with E-state index in [1.54, 1.807) is 17.0 Å². The van der Waals surface area contributed by atoms with Gasteiger partial charge in [-0.3, -0.25) is 4.79 Å². The highest BCUT2D eigenvalue weighted by molar-refractivity contribution is 7.89. The maximum atomic E-state index is 12.8. The molecule has 0 spiro atoms. The number of nitrogens with zero attached hydrogens (tertiary/aromatic N) is 1. The van der Waals surface area contributed by atoms with E-state index in [1.807, 2.05) is 31.2 Å². The van der Waals surface area contributed by atoms with Crippen LogP contribution in [-0.2, 0) is 26.0 Å². The second-order valence-electron chi connectivity index (χ2n) is 7.99. The number of aryl methyl sites for hydroxylation is 1. The van der Waals surface area contributed by atoms with Crippen LogP contribution >= 0.6 is 0 Å². The van der Waals surface area contributed by atoms with Gasteiger partial charge in [-0.2, -0.15) is 0 Å². The van der Waals surface area contributed by atoms with E-state index in [1.165, 1.54) is 12.1 Å². The lowest BCUT2D eigenvalue weighted by Gasteiger charge is -2.21. The topological polar surface area (TPSA) is 116 Å². The number of hydrogen-bond acceptors (Lipinski definition) is 6. The lowest BCUT2D eigenvalue weighted by atomic mass is 10.1. The molecule has 9 heteroatoms. The largest absolute Gasteiger partial charge is 0.388 e. The summed E-state index contributed by atoms with van der Waals surface area (Å²) in [6, 6.07) is 14.0. The van der Waals surface area contributed by atoms with Gasteiger partial charge in [0.2, 0.25) is 15.9 Å². The van der Waals surface area contributed by atoms with Gasteiger partial charge in [0.15, 0.2) is 0 Å². The van der Waals surface area contributed by atoms with Crippen LogP contribution in [0.3, 0.4) is 0 Å². The number of fused-ring (bicyclic) bond motifs is 1. The zero-order chi connectivity index (χ0) is 22.2. The van der Waals surface area contributed by atoms with Crippen molar-refractivity contribution in [3.05, 3.63) is 59.7 Å². The fourth-order valence-electron chi connectivity index (χ4n) is 4.04. The molecule has 8 nitrogen and oxygen atoms in total. The van der Waals surface area contributed by atoms with Gasteiger partial charge in [0.25, 0.3) is 0 Å². The lowest BCUT2D eigenvalue weighted by molar-refractivity contribution is -0.122. The lowest BCUT2D eigenvalue weighted by Crippen LogP contribution is -2.40. The summed E-state index contributed by atoms with van der Waals surface area (Å²) in [5.74, 6) is -0.206. The van der Waals surface area contributed by atoms with Crippen LogP contribution < -0.4 is 9.62 Å². The van der Waals surface area contributed by atoms with Crippen LogP contribution in [-0.4, -0.2) is 62.0 Å². The molecule has 2 aliphatic rings. The van der Waals surface area contributed by atoms with Crippen LogP contribution in [0.4, 0.5) is 5.69 Å². The minimum atomic E-state index is -3.79. The Balaban J connectivity index is 1.37. The van der Waals surface area contributed by atoms with Crippen LogP contribution in [0.15, 0.2) is 53.4 Å². The van der Waals surface area contributed by atoms with Gasteiger partial charge in [0.05, 0.1) is 17.4 Å². The fourth-order valence-corrected chi connectivity index (χ4v) is 5.08. The van der Waals surface area contributed by atoms with Gasteiger partial charge in [0.1, 0.15) is 18.3 Å². The molecular formula is C22H26N2O6S. The number of benzene rings is 2. The van der Waals surface area contributed by atoms with E-state index in [-0.39, 0.29) is 23.8 Å². The Morgan fingerprint density at radius 1 is 1.10 bits per heavy atom. The minimum absolute atomic E-state index is 0.102. The van der Waals surface area contributed by atoms with Crippen molar-refractivity contribution >= 4 is 21.6 Å². The molecule has 4 rings (SSSR count). The molecule has 166 valence electrons. The molecule has 0 saturated carbocycles. The van der Waals surface area contributed by atoms with Gasteiger partial charge >= 0.3 is 0 Å². The monoisotopic (exact) mass is 446 g/mol. The molecule has 0 aliphatic carbocycles. The Labute approximate surface area is 181 Å². The first-order valence-corrected chi connectivity index (χ1v) is 11.7. The molecule has 1 fully saturated rings. The average Bonchev–Trinajstić information content (AvgIpc) is 3.29. The Morgan fingerprint density at radius 3 is 2.52 bits per heavy atom. The van der Waals surface area contributed by atoms with Crippen molar-refractivity contribution in [3.8, 4) is 0 Å². The number of hydrogen-bond donors (Lipinski definition) is 3. The number of aliphatic hydroxyl groups excluding tert-OH is 2. The van der Waals surface area contributed by atoms with Crippen LogP contribution in [0.25, 0.3) is 0 Å². The number of carbonyl (C=O) groups is 1. The molecule has 31 heavy (non-hydrogen) atoms. The first-order chi connectivity index (χ1) is 14.8. The van der Waals surface area contributed by atoms with Crippen LogP contribution in [0.5, 0.6) is 0 Å². The van der Waals surface area contributed by atoms with Crippen molar-refractivity contribution < 1.29 is 28.2 Å². The third kappa shape index (κ3) is 4.51. The molecule has 0 aromatic heterocycles. The third-order valence-electron chi connectivity index (χ3n) is 5.83. The van der Waals surface area contributed by atoms with E-state index < -0.39 is 34.4 Å². The normalized spacial score (nSPS) is 25.6. The zero-order valence-electron chi connectivity index (χ0n) is 17.1. The highest BCUT2D eigenvalue weighted by atomic mass is 32.2. The highest BCUT2D eigenvalue weighted by Crippen LogP contribution is 2.30. The minimum Gasteiger partial charge on any atom is -0.388 e. The predicted octanol–water partition coefficient (Wildman–Crippen LogP) is 0.742. The highest BCUT2D eigenvalue weighted by Gasteiger charge is 2.44. The number of rotatable bonds is 6. The standard InChI is InChI=1S/C22H26N2O6S/c1-14-6-8-16(9-7-14)31(28,29)23-13-19-22(27)21(26)18(30-19)12-20(25)24-11-10-15-4-2-3-5-17(15)24/h2-9,18-19,21-23,26-27H,10-13H2,1H3/t18-,19+,21-,22+/m0/s1.